The average Bonchev–Trinajstić information content (AvgIpc) is 3.16. The molecule has 0 saturated carbocycles. The van der Waals surface area contributed by atoms with Crippen molar-refractivity contribution in [3.63, 3.8) is 0 Å². The van der Waals surface area contributed by atoms with E-state index in [4.69, 9.17) is 0 Å². The van der Waals surface area contributed by atoms with Crippen LogP contribution in [-0.2, 0) is 19.4 Å². The molecule has 3 aromatic heterocycles. The van der Waals surface area contributed by atoms with Crippen LogP contribution in [0.4, 0.5) is 0 Å². The maximum absolute atomic E-state index is 12.7. The van der Waals surface area contributed by atoms with E-state index in [1.165, 1.54) is 10.4 Å². The number of carbonyl (C=O) groups excluding carboxylic acids is 1. The fraction of sp³-hybridized carbons (Fsp3) is 0.444. The number of carbonyl (C=O) groups is 1. The van der Waals surface area contributed by atoms with Gasteiger partial charge in [-0.05, 0) is 50.7 Å². The molecule has 6 nitrogen and oxygen atoms in total. The highest BCUT2D eigenvalue weighted by Crippen LogP contribution is 2.32. The Kier molecular flexibility index (Phi) is 4.03. The molecule has 0 saturated heterocycles. The second-order valence-electron chi connectivity index (χ2n) is 6.87. The molecule has 7 heteroatoms. The molecule has 0 aliphatic heterocycles. The molecule has 0 fully saturated rings. The van der Waals surface area contributed by atoms with Crippen molar-refractivity contribution >= 4 is 23.0 Å². The monoisotopic (exact) mass is 355 g/mol. The predicted octanol–water partition coefficient (Wildman–Crippen LogP) is 2.86. The zero-order chi connectivity index (χ0) is 17.6. The number of nitrogens with zero attached hydrogens (tertiary/aromatic N) is 4. The van der Waals surface area contributed by atoms with Crippen molar-refractivity contribution in [3.05, 3.63) is 44.7 Å². The second-order valence-corrected chi connectivity index (χ2v) is 7.84. The number of nitrogens with one attached hydrogen (secondary N) is 1. The number of aryl methyl sites for hydroxylation is 2. The zero-order valence-electron chi connectivity index (χ0n) is 14.7. The molecule has 1 aliphatic carbocycles. The second kappa shape index (κ2) is 6.22. The van der Waals surface area contributed by atoms with Crippen LogP contribution < -0.4 is 5.32 Å². The van der Waals surface area contributed by atoms with E-state index >= 15 is 0 Å². The SMILES string of the molecule is Cc1cc(C)n2c(CNC(=O)c3csc4c3CC[C@H](C)C4)nnc2n1. The van der Waals surface area contributed by atoms with Gasteiger partial charge in [0.05, 0.1) is 12.1 Å². The van der Waals surface area contributed by atoms with E-state index in [1.807, 2.05) is 29.7 Å². The first-order valence-electron chi connectivity index (χ1n) is 8.58. The van der Waals surface area contributed by atoms with E-state index in [0.717, 1.165) is 36.2 Å². The van der Waals surface area contributed by atoms with Crippen molar-refractivity contribution in [1.29, 1.82) is 0 Å². The van der Waals surface area contributed by atoms with Crippen LogP contribution in [0.1, 0.15) is 51.4 Å². The third-order valence-electron chi connectivity index (χ3n) is 4.81. The number of hydrogen-bond acceptors (Lipinski definition) is 5. The highest BCUT2D eigenvalue weighted by atomic mass is 32.1. The standard InChI is InChI=1S/C18H21N5OS/c1-10-4-5-13-14(9-25-15(13)6-10)17(24)19-8-16-21-22-18-20-11(2)7-12(3)23(16)18/h7,9-10H,4-6,8H2,1-3H3,(H,19,24)/t10-/m0/s1. The summed E-state index contributed by atoms with van der Waals surface area (Å²) in [6.07, 6.45) is 3.24. The van der Waals surface area contributed by atoms with E-state index in [2.05, 4.69) is 27.4 Å². The summed E-state index contributed by atoms with van der Waals surface area (Å²) in [7, 11) is 0. The molecule has 0 aromatic carbocycles. The molecule has 3 heterocycles. The minimum absolute atomic E-state index is 0.0264. The summed E-state index contributed by atoms with van der Waals surface area (Å²) in [6, 6.07) is 1.98. The first-order chi connectivity index (χ1) is 12.0. The normalized spacial score (nSPS) is 16.8. The minimum atomic E-state index is -0.0264. The summed E-state index contributed by atoms with van der Waals surface area (Å²) in [4.78, 5) is 18.4. The van der Waals surface area contributed by atoms with Crippen LogP contribution >= 0.6 is 11.3 Å². The molecule has 0 unspecified atom stereocenters. The lowest BCUT2D eigenvalue weighted by molar-refractivity contribution is 0.0949. The molecule has 130 valence electrons. The van der Waals surface area contributed by atoms with Crippen molar-refractivity contribution in [2.45, 2.75) is 46.6 Å². The number of amides is 1. The molecule has 0 radical (unpaired) electrons. The van der Waals surface area contributed by atoms with Crippen LogP contribution in [0.5, 0.6) is 0 Å². The number of thiophene rings is 1. The highest BCUT2D eigenvalue weighted by molar-refractivity contribution is 7.10. The summed E-state index contributed by atoms with van der Waals surface area (Å²) in [5.74, 6) is 1.96. The largest absolute Gasteiger partial charge is 0.345 e. The van der Waals surface area contributed by atoms with Gasteiger partial charge < -0.3 is 5.32 Å². The first kappa shape index (κ1) is 16.2. The van der Waals surface area contributed by atoms with Gasteiger partial charge in [0.2, 0.25) is 0 Å². The third kappa shape index (κ3) is 2.93. The average molecular weight is 355 g/mol. The van der Waals surface area contributed by atoms with Crippen LogP contribution in [0.25, 0.3) is 5.78 Å². The maximum atomic E-state index is 12.7. The molecule has 1 N–H and O–H groups in total. The zero-order valence-corrected chi connectivity index (χ0v) is 15.5. The molecule has 1 atom stereocenters. The van der Waals surface area contributed by atoms with Gasteiger partial charge in [-0.3, -0.25) is 9.20 Å². The topological polar surface area (TPSA) is 72.2 Å². The Morgan fingerprint density at radius 2 is 2.24 bits per heavy atom. The van der Waals surface area contributed by atoms with Gasteiger partial charge in [0.1, 0.15) is 0 Å². The van der Waals surface area contributed by atoms with E-state index in [9.17, 15) is 4.79 Å². The Bertz CT molecular complexity index is 958. The van der Waals surface area contributed by atoms with E-state index < -0.39 is 0 Å². The van der Waals surface area contributed by atoms with Gasteiger partial charge >= 0.3 is 0 Å². The van der Waals surface area contributed by atoms with Crippen molar-refractivity contribution in [1.82, 2.24) is 24.9 Å². The smallest absolute Gasteiger partial charge is 0.255 e. The van der Waals surface area contributed by atoms with Gasteiger partial charge in [0.15, 0.2) is 5.82 Å². The first-order valence-corrected chi connectivity index (χ1v) is 9.46. The maximum Gasteiger partial charge on any atom is 0.255 e. The number of hydrogen-bond donors (Lipinski definition) is 1. The lowest BCUT2D eigenvalue weighted by Gasteiger charge is -2.18. The van der Waals surface area contributed by atoms with Gasteiger partial charge in [-0.2, -0.15) is 0 Å². The molecule has 0 spiro atoms. The number of fused-ring (bicyclic) bond motifs is 2. The van der Waals surface area contributed by atoms with Crippen molar-refractivity contribution in [3.8, 4) is 0 Å². The summed E-state index contributed by atoms with van der Waals surface area (Å²) < 4.78 is 1.89. The van der Waals surface area contributed by atoms with Crippen LogP contribution in [0.2, 0.25) is 0 Å². The summed E-state index contributed by atoms with van der Waals surface area (Å²) in [5.41, 5.74) is 3.98. The van der Waals surface area contributed by atoms with E-state index in [1.54, 1.807) is 11.3 Å². The fourth-order valence-electron chi connectivity index (χ4n) is 3.53. The third-order valence-corrected chi connectivity index (χ3v) is 5.86. The molecule has 0 bridgehead atoms. The molecular formula is C18H21N5OS. The Balaban J connectivity index is 1.54. The Morgan fingerprint density at radius 3 is 3.08 bits per heavy atom. The Hall–Kier alpha value is -2.28. The molecule has 1 aliphatic rings. The van der Waals surface area contributed by atoms with Gasteiger partial charge in [-0.25, -0.2) is 4.98 Å². The summed E-state index contributed by atoms with van der Waals surface area (Å²) in [6.45, 7) is 6.54. The van der Waals surface area contributed by atoms with Gasteiger partial charge in [0.25, 0.3) is 11.7 Å². The highest BCUT2D eigenvalue weighted by Gasteiger charge is 2.23. The van der Waals surface area contributed by atoms with Gasteiger partial charge in [0, 0.05) is 21.6 Å². The molecule has 25 heavy (non-hydrogen) atoms. The Labute approximate surface area is 150 Å². The van der Waals surface area contributed by atoms with Crippen LogP contribution in [-0.4, -0.2) is 25.5 Å². The number of rotatable bonds is 3. The molecular weight excluding hydrogens is 334 g/mol. The van der Waals surface area contributed by atoms with Crippen molar-refractivity contribution in [2.24, 2.45) is 5.92 Å². The Morgan fingerprint density at radius 1 is 1.40 bits per heavy atom. The van der Waals surface area contributed by atoms with Crippen LogP contribution in [0.15, 0.2) is 11.4 Å². The van der Waals surface area contributed by atoms with Crippen molar-refractivity contribution < 1.29 is 4.79 Å². The minimum Gasteiger partial charge on any atom is -0.345 e. The number of aromatic nitrogens is 4. The van der Waals surface area contributed by atoms with Gasteiger partial charge in [-0.1, -0.05) is 6.92 Å². The molecule has 1 amide bonds. The van der Waals surface area contributed by atoms with E-state index in [0.29, 0.717) is 24.1 Å². The van der Waals surface area contributed by atoms with Gasteiger partial charge in [-0.15, -0.1) is 21.5 Å². The molecule has 4 rings (SSSR count). The summed E-state index contributed by atoms with van der Waals surface area (Å²) in [5, 5.41) is 13.3. The summed E-state index contributed by atoms with van der Waals surface area (Å²) >= 11 is 1.71. The van der Waals surface area contributed by atoms with E-state index in [-0.39, 0.29) is 5.91 Å². The molecule has 3 aromatic rings. The van der Waals surface area contributed by atoms with Crippen LogP contribution in [0, 0.1) is 19.8 Å². The quantitative estimate of drug-likeness (QED) is 0.784. The fourth-order valence-corrected chi connectivity index (χ4v) is 4.78. The predicted molar refractivity (Wildman–Crippen MR) is 96.9 cm³/mol. The van der Waals surface area contributed by atoms with Crippen molar-refractivity contribution in [2.75, 3.05) is 0 Å². The van der Waals surface area contributed by atoms with Crippen LogP contribution in [0.3, 0.4) is 0 Å². The lowest BCUT2D eigenvalue weighted by atomic mass is 9.88. The lowest BCUT2D eigenvalue weighted by Crippen LogP contribution is -2.25.